The number of fused-ring (bicyclic) bond motifs is 1. The lowest BCUT2D eigenvalue weighted by atomic mass is 9.88. The summed E-state index contributed by atoms with van der Waals surface area (Å²) < 4.78 is 33.5. The van der Waals surface area contributed by atoms with Crippen LogP contribution in [0.15, 0.2) is 17.0 Å². The van der Waals surface area contributed by atoms with Crippen LogP contribution in [0.3, 0.4) is 0 Å². The fraction of sp³-hybridized carbons (Fsp3) is 0.562. The van der Waals surface area contributed by atoms with E-state index in [1.165, 1.54) is 6.07 Å². The monoisotopic (exact) mass is 338 g/mol. The highest BCUT2D eigenvalue weighted by atomic mass is 32.2. The molecule has 0 bridgehead atoms. The maximum absolute atomic E-state index is 12.7. The van der Waals surface area contributed by atoms with E-state index in [0.29, 0.717) is 22.9 Å². The van der Waals surface area contributed by atoms with Crippen molar-refractivity contribution in [2.24, 2.45) is 5.92 Å². The molecule has 126 valence electrons. The van der Waals surface area contributed by atoms with Gasteiger partial charge in [-0.1, -0.05) is 6.92 Å². The number of nitrogens with one attached hydrogen (secondary N) is 2. The highest BCUT2D eigenvalue weighted by molar-refractivity contribution is 7.89. The predicted octanol–water partition coefficient (Wildman–Crippen LogP) is 2.18. The number of aryl methyl sites for hydroxylation is 1. The number of carbonyl (C=O) groups excluding carboxylic acids is 1. The van der Waals surface area contributed by atoms with Crippen LogP contribution in [0.1, 0.15) is 38.2 Å². The van der Waals surface area contributed by atoms with Gasteiger partial charge in [-0.05, 0) is 50.2 Å². The number of ether oxygens (including phenoxy) is 1. The second-order valence-corrected chi connectivity index (χ2v) is 8.21. The van der Waals surface area contributed by atoms with Crippen LogP contribution in [0.25, 0.3) is 0 Å². The number of hydrogen-bond donors (Lipinski definition) is 2. The Kier molecular flexibility index (Phi) is 4.33. The van der Waals surface area contributed by atoms with E-state index in [-0.39, 0.29) is 23.5 Å². The number of sulfonamides is 1. The largest absolute Gasteiger partial charge is 0.482 e. The van der Waals surface area contributed by atoms with Gasteiger partial charge in [0.15, 0.2) is 6.61 Å². The fourth-order valence-electron chi connectivity index (χ4n) is 3.17. The van der Waals surface area contributed by atoms with Crippen LogP contribution in [0.5, 0.6) is 5.75 Å². The molecule has 2 N–H and O–H groups in total. The van der Waals surface area contributed by atoms with Gasteiger partial charge in [0.25, 0.3) is 5.91 Å². The van der Waals surface area contributed by atoms with Crippen LogP contribution in [-0.2, 0) is 14.8 Å². The predicted molar refractivity (Wildman–Crippen MR) is 87.0 cm³/mol. The first-order valence-corrected chi connectivity index (χ1v) is 9.43. The van der Waals surface area contributed by atoms with E-state index in [4.69, 9.17) is 4.74 Å². The Hall–Kier alpha value is -1.60. The molecular formula is C16H22N2O4S. The van der Waals surface area contributed by atoms with E-state index < -0.39 is 10.0 Å². The van der Waals surface area contributed by atoms with E-state index in [0.717, 1.165) is 25.7 Å². The molecule has 1 saturated carbocycles. The summed E-state index contributed by atoms with van der Waals surface area (Å²) in [5.41, 5.74) is 1.11. The Balaban J connectivity index is 1.84. The third-order valence-electron chi connectivity index (χ3n) is 4.54. The van der Waals surface area contributed by atoms with Gasteiger partial charge in [0.1, 0.15) is 5.75 Å². The quantitative estimate of drug-likeness (QED) is 0.885. The molecule has 0 atom stereocenters. The molecule has 6 nitrogen and oxygen atoms in total. The Morgan fingerprint density at radius 1 is 1.22 bits per heavy atom. The van der Waals surface area contributed by atoms with Crippen molar-refractivity contribution in [3.05, 3.63) is 17.7 Å². The number of rotatable bonds is 3. The lowest BCUT2D eigenvalue weighted by molar-refractivity contribution is -0.118. The van der Waals surface area contributed by atoms with Crippen LogP contribution >= 0.6 is 0 Å². The minimum absolute atomic E-state index is 0.00717. The molecule has 2 aliphatic rings. The van der Waals surface area contributed by atoms with Gasteiger partial charge in [-0.25, -0.2) is 13.1 Å². The molecule has 23 heavy (non-hydrogen) atoms. The SMILES string of the molecule is Cc1cc2c(cc1S(=O)(=O)NC1CCC(C)CC1)OCC(=O)N2. The minimum atomic E-state index is -3.60. The van der Waals surface area contributed by atoms with Crippen molar-refractivity contribution in [3.63, 3.8) is 0 Å². The van der Waals surface area contributed by atoms with Gasteiger partial charge in [-0.15, -0.1) is 0 Å². The molecule has 0 unspecified atom stereocenters. The Labute approximate surface area is 136 Å². The van der Waals surface area contributed by atoms with E-state index in [1.54, 1.807) is 13.0 Å². The summed E-state index contributed by atoms with van der Waals surface area (Å²) in [6.07, 6.45) is 3.84. The van der Waals surface area contributed by atoms with Crippen molar-refractivity contribution < 1.29 is 17.9 Å². The topological polar surface area (TPSA) is 84.5 Å². The lowest BCUT2D eigenvalue weighted by Crippen LogP contribution is -2.37. The van der Waals surface area contributed by atoms with Crippen molar-refractivity contribution in [3.8, 4) is 5.75 Å². The number of carbonyl (C=O) groups is 1. The molecule has 0 radical (unpaired) electrons. The highest BCUT2D eigenvalue weighted by Gasteiger charge is 2.27. The maximum Gasteiger partial charge on any atom is 0.262 e. The minimum Gasteiger partial charge on any atom is -0.482 e. The molecular weight excluding hydrogens is 316 g/mol. The van der Waals surface area contributed by atoms with Crippen molar-refractivity contribution in [1.29, 1.82) is 0 Å². The standard InChI is InChI=1S/C16H22N2O4S/c1-10-3-5-12(6-4-10)18-23(20,21)15-8-14-13(7-11(15)2)17-16(19)9-22-14/h7-8,10,12,18H,3-6,9H2,1-2H3,(H,17,19). The first kappa shape index (κ1) is 16.3. The van der Waals surface area contributed by atoms with Gasteiger partial charge < -0.3 is 10.1 Å². The van der Waals surface area contributed by atoms with Crippen molar-refractivity contribution in [2.45, 2.75) is 50.5 Å². The van der Waals surface area contributed by atoms with Crippen LogP contribution in [0.2, 0.25) is 0 Å². The molecule has 3 rings (SSSR count). The summed E-state index contributed by atoms with van der Waals surface area (Å²) in [5.74, 6) is 0.827. The van der Waals surface area contributed by atoms with Crippen LogP contribution in [-0.4, -0.2) is 27.0 Å². The van der Waals surface area contributed by atoms with Crippen molar-refractivity contribution in [2.75, 3.05) is 11.9 Å². The van der Waals surface area contributed by atoms with Gasteiger partial charge in [0.2, 0.25) is 10.0 Å². The molecule has 1 aliphatic heterocycles. The molecule has 1 aromatic rings. The first-order chi connectivity index (χ1) is 10.8. The van der Waals surface area contributed by atoms with Crippen LogP contribution in [0, 0.1) is 12.8 Å². The number of hydrogen-bond acceptors (Lipinski definition) is 4. The van der Waals surface area contributed by atoms with Gasteiger partial charge in [-0.3, -0.25) is 4.79 Å². The number of amides is 1. The summed E-state index contributed by atoms with van der Waals surface area (Å²) in [6.45, 7) is 3.83. The van der Waals surface area contributed by atoms with Gasteiger partial charge in [-0.2, -0.15) is 0 Å². The summed E-state index contributed by atoms with van der Waals surface area (Å²) >= 11 is 0. The fourth-order valence-corrected chi connectivity index (χ4v) is 4.71. The first-order valence-electron chi connectivity index (χ1n) is 7.95. The van der Waals surface area contributed by atoms with Gasteiger partial charge in [0, 0.05) is 12.1 Å². The zero-order valence-corrected chi connectivity index (χ0v) is 14.2. The molecule has 1 heterocycles. The maximum atomic E-state index is 12.7. The van der Waals surface area contributed by atoms with Crippen molar-refractivity contribution >= 4 is 21.6 Å². The van der Waals surface area contributed by atoms with E-state index >= 15 is 0 Å². The van der Waals surface area contributed by atoms with E-state index in [1.807, 2.05) is 0 Å². The molecule has 1 aliphatic carbocycles. The summed E-state index contributed by atoms with van der Waals surface area (Å²) in [4.78, 5) is 11.6. The summed E-state index contributed by atoms with van der Waals surface area (Å²) in [6, 6.07) is 3.13. The molecule has 0 spiro atoms. The second kappa shape index (κ2) is 6.13. The molecule has 0 saturated heterocycles. The third-order valence-corrected chi connectivity index (χ3v) is 6.20. The molecule has 1 amide bonds. The summed E-state index contributed by atoms with van der Waals surface area (Å²) in [5, 5.41) is 2.69. The lowest BCUT2D eigenvalue weighted by Gasteiger charge is -2.27. The van der Waals surface area contributed by atoms with E-state index in [2.05, 4.69) is 17.0 Å². The number of benzene rings is 1. The number of anilines is 1. The third kappa shape index (κ3) is 3.50. The average Bonchev–Trinajstić information content (AvgIpc) is 2.48. The molecule has 1 aromatic carbocycles. The molecule has 7 heteroatoms. The zero-order chi connectivity index (χ0) is 16.6. The normalized spacial score (nSPS) is 24.5. The van der Waals surface area contributed by atoms with Gasteiger partial charge in [0.05, 0.1) is 10.6 Å². The molecule has 0 aromatic heterocycles. The Morgan fingerprint density at radius 3 is 2.61 bits per heavy atom. The highest BCUT2D eigenvalue weighted by Crippen LogP contribution is 2.33. The van der Waals surface area contributed by atoms with E-state index in [9.17, 15) is 13.2 Å². The van der Waals surface area contributed by atoms with Crippen LogP contribution < -0.4 is 14.8 Å². The molecule has 1 fully saturated rings. The zero-order valence-electron chi connectivity index (χ0n) is 13.4. The second-order valence-electron chi connectivity index (χ2n) is 6.53. The van der Waals surface area contributed by atoms with Gasteiger partial charge >= 0.3 is 0 Å². The summed E-state index contributed by atoms with van der Waals surface area (Å²) in [7, 11) is -3.60. The Bertz CT molecular complexity index is 722. The average molecular weight is 338 g/mol. The van der Waals surface area contributed by atoms with Crippen molar-refractivity contribution in [1.82, 2.24) is 4.72 Å². The van der Waals surface area contributed by atoms with Crippen LogP contribution in [0.4, 0.5) is 5.69 Å². The Morgan fingerprint density at radius 2 is 1.91 bits per heavy atom. The smallest absolute Gasteiger partial charge is 0.262 e.